The zero-order valence-corrected chi connectivity index (χ0v) is 19.8. The fourth-order valence-electron chi connectivity index (χ4n) is 5.51. The molecule has 4 heterocycles. The molecule has 8 nitrogen and oxygen atoms in total. The number of carbonyl (C=O) groups excluding carboxylic acids is 3. The molecule has 3 aliphatic heterocycles. The molecule has 1 aromatic carbocycles. The SMILES string of the molecule is O=C(Cc1ccc(F)c(F)c1)N1CCC([C@]2(c3ccccn3)NC(=O)N(C[C@@H]3CCCO3)C2=O)CC1. The van der Waals surface area contributed by atoms with Gasteiger partial charge in [0.25, 0.3) is 5.91 Å². The molecule has 5 rings (SSSR count). The number of ether oxygens (including phenoxy) is 1. The summed E-state index contributed by atoms with van der Waals surface area (Å²) in [7, 11) is 0. The van der Waals surface area contributed by atoms with Gasteiger partial charge >= 0.3 is 6.03 Å². The maximum absolute atomic E-state index is 13.8. The van der Waals surface area contributed by atoms with E-state index in [2.05, 4.69) is 10.3 Å². The van der Waals surface area contributed by atoms with Crippen LogP contribution in [-0.4, -0.2) is 65.0 Å². The molecule has 3 aliphatic rings. The van der Waals surface area contributed by atoms with Crippen LogP contribution in [-0.2, 0) is 26.3 Å². The summed E-state index contributed by atoms with van der Waals surface area (Å²) in [5, 5.41) is 2.96. The van der Waals surface area contributed by atoms with Crippen LogP contribution >= 0.6 is 0 Å². The molecule has 0 aliphatic carbocycles. The smallest absolute Gasteiger partial charge is 0.325 e. The second kappa shape index (κ2) is 9.93. The number of nitrogens with zero attached hydrogens (tertiary/aromatic N) is 3. The number of hydrogen-bond acceptors (Lipinski definition) is 5. The van der Waals surface area contributed by atoms with Crippen molar-refractivity contribution in [3.8, 4) is 0 Å². The first-order chi connectivity index (χ1) is 17.4. The number of piperidine rings is 1. The molecule has 2 atom stereocenters. The van der Waals surface area contributed by atoms with E-state index in [1.54, 1.807) is 29.3 Å². The van der Waals surface area contributed by atoms with Gasteiger partial charge in [-0.2, -0.15) is 0 Å². The van der Waals surface area contributed by atoms with Crippen LogP contribution in [0.2, 0.25) is 0 Å². The number of rotatable bonds is 6. The van der Waals surface area contributed by atoms with Gasteiger partial charge in [0.1, 0.15) is 0 Å². The van der Waals surface area contributed by atoms with Crippen molar-refractivity contribution < 1.29 is 27.9 Å². The summed E-state index contributed by atoms with van der Waals surface area (Å²) in [5.74, 6) is -2.75. The van der Waals surface area contributed by atoms with Gasteiger partial charge in [0.15, 0.2) is 17.2 Å². The summed E-state index contributed by atoms with van der Waals surface area (Å²) in [4.78, 5) is 47.1. The van der Waals surface area contributed by atoms with Crippen LogP contribution in [0.25, 0.3) is 0 Å². The fraction of sp³-hybridized carbons (Fsp3) is 0.462. The lowest BCUT2D eigenvalue weighted by Crippen LogP contribution is -2.55. The normalized spacial score (nSPS) is 24.9. The van der Waals surface area contributed by atoms with Gasteiger partial charge in [0.05, 0.1) is 24.8 Å². The van der Waals surface area contributed by atoms with Crippen molar-refractivity contribution >= 4 is 17.8 Å². The minimum Gasteiger partial charge on any atom is -0.376 e. The summed E-state index contributed by atoms with van der Waals surface area (Å²) in [5.41, 5.74) is -0.439. The summed E-state index contributed by atoms with van der Waals surface area (Å²) in [6.07, 6.45) is 4.02. The Balaban J connectivity index is 1.32. The molecular weight excluding hydrogens is 470 g/mol. The molecule has 1 N–H and O–H groups in total. The van der Waals surface area contributed by atoms with Crippen molar-refractivity contribution in [2.45, 2.75) is 43.7 Å². The summed E-state index contributed by atoms with van der Waals surface area (Å²) in [6.45, 7) is 1.56. The van der Waals surface area contributed by atoms with Gasteiger partial charge in [0, 0.05) is 31.8 Å². The number of amides is 4. The predicted octanol–water partition coefficient (Wildman–Crippen LogP) is 2.77. The van der Waals surface area contributed by atoms with Gasteiger partial charge < -0.3 is 15.0 Å². The molecule has 0 unspecified atom stereocenters. The number of halogens is 2. The van der Waals surface area contributed by atoms with E-state index in [1.165, 1.54) is 11.0 Å². The Morgan fingerprint density at radius 2 is 1.92 bits per heavy atom. The van der Waals surface area contributed by atoms with Gasteiger partial charge in [-0.15, -0.1) is 0 Å². The third-order valence-electron chi connectivity index (χ3n) is 7.41. The van der Waals surface area contributed by atoms with Crippen LogP contribution in [0.5, 0.6) is 0 Å². The van der Waals surface area contributed by atoms with Gasteiger partial charge in [-0.25, -0.2) is 13.6 Å². The molecule has 10 heteroatoms. The molecule has 1 aromatic heterocycles. The number of hydrogen-bond donors (Lipinski definition) is 1. The van der Waals surface area contributed by atoms with Crippen molar-refractivity contribution in [1.82, 2.24) is 20.1 Å². The number of pyridine rings is 1. The highest BCUT2D eigenvalue weighted by Crippen LogP contribution is 2.41. The molecule has 0 spiro atoms. The van der Waals surface area contributed by atoms with Crippen molar-refractivity contribution in [3.63, 3.8) is 0 Å². The van der Waals surface area contributed by atoms with Crippen molar-refractivity contribution in [2.24, 2.45) is 5.92 Å². The minimum absolute atomic E-state index is 0.0436. The zero-order chi connectivity index (χ0) is 25.3. The van der Waals surface area contributed by atoms with Crippen molar-refractivity contribution in [1.29, 1.82) is 0 Å². The Bertz CT molecular complexity index is 1150. The van der Waals surface area contributed by atoms with Gasteiger partial charge in [-0.1, -0.05) is 12.1 Å². The van der Waals surface area contributed by atoms with Crippen LogP contribution in [0.15, 0.2) is 42.6 Å². The second-order valence-electron chi connectivity index (χ2n) is 9.58. The molecule has 3 saturated heterocycles. The molecule has 190 valence electrons. The van der Waals surface area contributed by atoms with E-state index in [4.69, 9.17) is 4.74 Å². The lowest BCUT2D eigenvalue weighted by atomic mass is 9.75. The molecular formula is C26H28F2N4O4. The number of aromatic nitrogens is 1. The molecule has 0 radical (unpaired) electrons. The van der Waals surface area contributed by atoms with Crippen LogP contribution in [0, 0.1) is 17.6 Å². The molecule has 3 fully saturated rings. The van der Waals surface area contributed by atoms with Crippen LogP contribution in [0.4, 0.5) is 13.6 Å². The largest absolute Gasteiger partial charge is 0.376 e. The van der Waals surface area contributed by atoms with Gasteiger partial charge in [-0.05, 0) is 55.5 Å². The van der Waals surface area contributed by atoms with E-state index in [-0.39, 0.29) is 36.8 Å². The molecule has 0 saturated carbocycles. The summed E-state index contributed by atoms with van der Waals surface area (Å²) < 4.78 is 32.4. The van der Waals surface area contributed by atoms with Crippen LogP contribution < -0.4 is 5.32 Å². The number of urea groups is 1. The van der Waals surface area contributed by atoms with E-state index in [9.17, 15) is 23.2 Å². The third-order valence-corrected chi connectivity index (χ3v) is 7.41. The highest BCUT2D eigenvalue weighted by Gasteiger charge is 2.58. The lowest BCUT2D eigenvalue weighted by Gasteiger charge is -2.40. The van der Waals surface area contributed by atoms with E-state index in [0.717, 1.165) is 25.0 Å². The Morgan fingerprint density at radius 1 is 1.11 bits per heavy atom. The standard InChI is InChI=1S/C26H28F2N4O4/c27-20-7-6-17(14-21(20)28)15-23(33)31-11-8-18(9-12-31)26(22-5-1-2-10-29-22)24(34)32(25(35)30-26)16-19-4-3-13-36-19/h1-2,5-7,10,14,18-19H,3-4,8-9,11-13,15-16H2,(H,30,35)/t19-,26+/m0/s1. The molecule has 0 bridgehead atoms. The first-order valence-electron chi connectivity index (χ1n) is 12.3. The molecule has 2 aromatic rings. The number of benzene rings is 1. The van der Waals surface area contributed by atoms with Gasteiger partial charge in [0.2, 0.25) is 5.91 Å². The highest BCUT2D eigenvalue weighted by atomic mass is 19.2. The Morgan fingerprint density at radius 3 is 2.58 bits per heavy atom. The van der Waals surface area contributed by atoms with E-state index >= 15 is 0 Å². The lowest BCUT2D eigenvalue weighted by molar-refractivity contribution is -0.137. The van der Waals surface area contributed by atoms with Crippen LogP contribution in [0.1, 0.15) is 36.9 Å². The molecule has 36 heavy (non-hydrogen) atoms. The maximum Gasteiger partial charge on any atom is 0.325 e. The average molecular weight is 499 g/mol. The quantitative estimate of drug-likeness (QED) is 0.619. The summed E-state index contributed by atoms with van der Waals surface area (Å²) >= 11 is 0. The third kappa shape index (κ3) is 4.45. The number of imide groups is 1. The highest BCUT2D eigenvalue weighted by molar-refractivity contribution is 6.07. The average Bonchev–Trinajstić information content (AvgIpc) is 3.50. The second-order valence-corrected chi connectivity index (χ2v) is 9.58. The van der Waals surface area contributed by atoms with E-state index in [1.807, 2.05) is 0 Å². The maximum atomic E-state index is 13.8. The number of nitrogens with one attached hydrogen (secondary N) is 1. The monoisotopic (exact) mass is 498 g/mol. The van der Waals surface area contributed by atoms with E-state index < -0.39 is 23.2 Å². The number of carbonyl (C=O) groups is 3. The topological polar surface area (TPSA) is 91.8 Å². The van der Waals surface area contributed by atoms with E-state index in [0.29, 0.717) is 43.8 Å². The molecule has 4 amide bonds. The Hall–Kier alpha value is -3.40. The van der Waals surface area contributed by atoms with Gasteiger partial charge in [-0.3, -0.25) is 19.5 Å². The first kappa shape index (κ1) is 24.3. The fourth-order valence-corrected chi connectivity index (χ4v) is 5.51. The van der Waals surface area contributed by atoms with Crippen molar-refractivity contribution in [2.75, 3.05) is 26.2 Å². The first-order valence-corrected chi connectivity index (χ1v) is 12.3. The number of likely N-dealkylation sites (tertiary alicyclic amines) is 1. The Labute approximate surface area is 207 Å². The van der Waals surface area contributed by atoms with Crippen molar-refractivity contribution in [3.05, 3.63) is 65.5 Å². The Kier molecular flexibility index (Phi) is 6.70. The zero-order valence-electron chi connectivity index (χ0n) is 19.8. The predicted molar refractivity (Wildman–Crippen MR) is 124 cm³/mol. The van der Waals surface area contributed by atoms with Crippen LogP contribution in [0.3, 0.4) is 0 Å². The minimum atomic E-state index is -1.31. The summed E-state index contributed by atoms with van der Waals surface area (Å²) in [6, 6.07) is 8.26.